The molecule has 1 heterocycles. The van der Waals surface area contributed by atoms with Crippen LogP contribution in [0.2, 0.25) is 0 Å². The molecule has 0 saturated carbocycles. The van der Waals surface area contributed by atoms with Crippen molar-refractivity contribution in [3.05, 3.63) is 54.6 Å². The van der Waals surface area contributed by atoms with Crippen LogP contribution >= 0.6 is 0 Å². The summed E-state index contributed by atoms with van der Waals surface area (Å²) < 4.78 is 32.0. The van der Waals surface area contributed by atoms with Crippen molar-refractivity contribution in [1.82, 2.24) is 4.31 Å². The number of rotatable bonds is 4. The lowest BCUT2D eigenvalue weighted by molar-refractivity contribution is 0.475. The minimum atomic E-state index is -3.35. The molecule has 0 spiro atoms. The van der Waals surface area contributed by atoms with E-state index in [1.54, 1.807) is 28.6 Å². The maximum absolute atomic E-state index is 12.4. The van der Waals surface area contributed by atoms with E-state index < -0.39 is 10.0 Å². The fourth-order valence-electron chi connectivity index (χ4n) is 2.38. The lowest BCUT2D eigenvalue weighted by Gasteiger charge is -2.15. The van der Waals surface area contributed by atoms with Gasteiger partial charge in [-0.25, -0.2) is 8.42 Å². The molecule has 0 N–H and O–H groups in total. The standard InChI is InChI=1S/C16H17NO3S/c18-21(19,17-12-4-5-13-17)16-10-8-15(9-11-16)20-14-6-2-1-3-7-14/h1-3,6-11H,4-5,12-13H2. The third-order valence-electron chi connectivity index (χ3n) is 3.51. The van der Waals surface area contributed by atoms with Crippen LogP contribution in [0.4, 0.5) is 0 Å². The molecule has 0 atom stereocenters. The molecule has 0 unspecified atom stereocenters. The molecule has 21 heavy (non-hydrogen) atoms. The highest BCUT2D eigenvalue weighted by molar-refractivity contribution is 7.89. The molecule has 4 nitrogen and oxygen atoms in total. The summed E-state index contributed by atoms with van der Waals surface area (Å²) in [5.74, 6) is 1.36. The van der Waals surface area contributed by atoms with Gasteiger partial charge in [0, 0.05) is 13.1 Å². The van der Waals surface area contributed by atoms with Gasteiger partial charge >= 0.3 is 0 Å². The van der Waals surface area contributed by atoms with E-state index in [0.29, 0.717) is 23.7 Å². The molecule has 0 aliphatic carbocycles. The Morgan fingerprint density at radius 2 is 1.38 bits per heavy atom. The Balaban J connectivity index is 1.78. The normalized spacial score (nSPS) is 16.0. The summed E-state index contributed by atoms with van der Waals surface area (Å²) in [5.41, 5.74) is 0. The second-order valence-corrected chi connectivity index (χ2v) is 6.94. The summed E-state index contributed by atoms with van der Waals surface area (Å²) in [6.45, 7) is 1.23. The number of hydrogen-bond donors (Lipinski definition) is 0. The predicted octanol–water partition coefficient (Wildman–Crippen LogP) is 3.26. The van der Waals surface area contributed by atoms with E-state index in [9.17, 15) is 8.42 Å². The molecule has 3 rings (SSSR count). The van der Waals surface area contributed by atoms with Crippen LogP contribution in [-0.2, 0) is 10.0 Å². The Bertz CT molecular complexity index is 690. The molecule has 1 aliphatic heterocycles. The molecule has 0 aromatic heterocycles. The average Bonchev–Trinajstić information content (AvgIpc) is 3.04. The molecule has 2 aromatic carbocycles. The Kier molecular flexibility index (Phi) is 3.94. The van der Waals surface area contributed by atoms with E-state index in [1.807, 2.05) is 30.3 Å². The number of benzene rings is 2. The minimum Gasteiger partial charge on any atom is -0.457 e. The molecule has 1 aliphatic rings. The van der Waals surface area contributed by atoms with Crippen molar-refractivity contribution in [3.8, 4) is 11.5 Å². The van der Waals surface area contributed by atoms with Crippen molar-refractivity contribution >= 4 is 10.0 Å². The van der Waals surface area contributed by atoms with Gasteiger partial charge < -0.3 is 4.74 Å². The van der Waals surface area contributed by atoms with Gasteiger partial charge in [-0.05, 0) is 49.2 Å². The van der Waals surface area contributed by atoms with Crippen LogP contribution in [0.5, 0.6) is 11.5 Å². The fraction of sp³-hybridized carbons (Fsp3) is 0.250. The highest BCUT2D eigenvalue weighted by Gasteiger charge is 2.26. The van der Waals surface area contributed by atoms with E-state index in [4.69, 9.17) is 4.74 Å². The van der Waals surface area contributed by atoms with Crippen molar-refractivity contribution in [2.24, 2.45) is 0 Å². The second-order valence-electron chi connectivity index (χ2n) is 5.00. The minimum absolute atomic E-state index is 0.324. The van der Waals surface area contributed by atoms with E-state index in [1.165, 1.54) is 0 Å². The van der Waals surface area contributed by atoms with Crippen LogP contribution in [0.1, 0.15) is 12.8 Å². The number of hydrogen-bond acceptors (Lipinski definition) is 3. The van der Waals surface area contributed by atoms with E-state index in [-0.39, 0.29) is 0 Å². The first-order chi connectivity index (χ1) is 10.2. The zero-order chi connectivity index (χ0) is 14.7. The Hall–Kier alpha value is -1.85. The van der Waals surface area contributed by atoms with Crippen molar-refractivity contribution in [2.45, 2.75) is 17.7 Å². The third-order valence-corrected chi connectivity index (χ3v) is 5.42. The van der Waals surface area contributed by atoms with Crippen molar-refractivity contribution in [3.63, 3.8) is 0 Å². The smallest absolute Gasteiger partial charge is 0.243 e. The first-order valence-corrected chi connectivity index (χ1v) is 8.43. The maximum Gasteiger partial charge on any atom is 0.243 e. The monoisotopic (exact) mass is 303 g/mol. The summed E-state index contributed by atoms with van der Waals surface area (Å²) in [6.07, 6.45) is 1.88. The largest absolute Gasteiger partial charge is 0.457 e. The summed E-state index contributed by atoms with van der Waals surface area (Å²) >= 11 is 0. The van der Waals surface area contributed by atoms with Gasteiger partial charge in [0.05, 0.1) is 4.90 Å². The van der Waals surface area contributed by atoms with Gasteiger partial charge in [-0.15, -0.1) is 0 Å². The zero-order valence-electron chi connectivity index (χ0n) is 11.6. The van der Waals surface area contributed by atoms with Gasteiger partial charge in [0.15, 0.2) is 0 Å². The molecule has 0 bridgehead atoms. The second kappa shape index (κ2) is 5.87. The lowest BCUT2D eigenvalue weighted by atomic mass is 10.3. The van der Waals surface area contributed by atoms with Gasteiger partial charge in [0.1, 0.15) is 11.5 Å². The lowest BCUT2D eigenvalue weighted by Crippen LogP contribution is -2.27. The van der Waals surface area contributed by atoms with Gasteiger partial charge in [-0.3, -0.25) is 0 Å². The van der Waals surface area contributed by atoms with E-state index in [0.717, 1.165) is 18.6 Å². The van der Waals surface area contributed by atoms with Crippen LogP contribution in [-0.4, -0.2) is 25.8 Å². The SMILES string of the molecule is O=S(=O)(c1ccc(Oc2ccccc2)cc1)N1CCCC1. The molecule has 1 saturated heterocycles. The van der Waals surface area contributed by atoms with Gasteiger partial charge in [0.2, 0.25) is 10.0 Å². The maximum atomic E-state index is 12.4. The molecular formula is C16H17NO3S. The van der Waals surface area contributed by atoms with Gasteiger partial charge in [-0.2, -0.15) is 4.31 Å². The Labute approximate surface area is 125 Å². The fourth-order valence-corrected chi connectivity index (χ4v) is 3.90. The molecule has 110 valence electrons. The highest BCUT2D eigenvalue weighted by atomic mass is 32.2. The first kappa shape index (κ1) is 14.1. The van der Waals surface area contributed by atoms with Crippen LogP contribution in [0.3, 0.4) is 0 Å². The molecule has 0 radical (unpaired) electrons. The number of ether oxygens (including phenoxy) is 1. The van der Waals surface area contributed by atoms with Crippen LogP contribution in [0.15, 0.2) is 59.5 Å². The first-order valence-electron chi connectivity index (χ1n) is 6.99. The summed E-state index contributed by atoms with van der Waals surface area (Å²) in [7, 11) is -3.35. The number of para-hydroxylation sites is 1. The Morgan fingerprint density at radius 3 is 2.00 bits per heavy atom. The van der Waals surface area contributed by atoms with Crippen LogP contribution in [0, 0.1) is 0 Å². The molecule has 1 fully saturated rings. The average molecular weight is 303 g/mol. The quantitative estimate of drug-likeness (QED) is 0.871. The Morgan fingerprint density at radius 1 is 0.810 bits per heavy atom. The summed E-state index contributed by atoms with van der Waals surface area (Å²) in [5, 5.41) is 0. The van der Waals surface area contributed by atoms with E-state index >= 15 is 0 Å². The third kappa shape index (κ3) is 3.09. The van der Waals surface area contributed by atoms with Gasteiger partial charge in [-0.1, -0.05) is 18.2 Å². The van der Waals surface area contributed by atoms with Crippen molar-refractivity contribution in [2.75, 3.05) is 13.1 Å². The summed E-state index contributed by atoms with van der Waals surface area (Å²) in [4.78, 5) is 0.324. The number of nitrogens with zero attached hydrogens (tertiary/aromatic N) is 1. The van der Waals surface area contributed by atoms with Crippen LogP contribution < -0.4 is 4.74 Å². The topological polar surface area (TPSA) is 46.6 Å². The van der Waals surface area contributed by atoms with Crippen LogP contribution in [0.25, 0.3) is 0 Å². The molecular weight excluding hydrogens is 286 g/mol. The highest BCUT2D eigenvalue weighted by Crippen LogP contribution is 2.25. The zero-order valence-corrected chi connectivity index (χ0v) is 12.4. The van der Waals surface area contributed by atoms with E-state index in [2.05, 4.69) is 0 Å². The summed E-state index contributed by atoms with van der Waals surface area (Å²) in [6, 6.07) is 16.0. The molecule has 0 amide bonds. The van der Waals surface area contributed by atoms with Crippen molar-refractivity contribution in [1.29, 1.82) is 0 Å². The molecule has 2 aromatic rings. The van der Waals surface area contributed by atoms with Gasteiger partial charge in [0.25, 0.3) is 0 Å². The van der Waals surface area contributed by atoms with Crippen molar-refractivity contribution < 1.29 is 13.2 Å². The predicted molar refractivity (Wildman–Crippen MR) is 81.0 cm³/mol. The molecule has 5 heteroatoms. The number of sulfonamides is 1.